The highest BCUT2D eigenvalue weighted by Gasteiger charge is 2.25. The Hall–Kier alpha value is -1.39. The fourth-order valence-corrected chi connectivity index (χ4v) is 3.60. The van der Waals surface area contributed by atoms with E-state index in [0.717, 1.165) is 18.2 Å². The van der Waals surface area contributed by atoms with Gasteiger partial charge in [0.1, 0.15) is 5.84 Å². The minimum atomic E-state index is 0.145. The predicted octanol–water partition coefficient (Wildman–Crippen LogP) is 2.03. The van der Waals surface area contributed by atoms with Crippen molar-refractivity contribution in [3.63, 3.8) is 0 Å². The van der Waals surface area contributed by atoms with Crippen LogP contribution in [0.5, 0.6) is 0 Å². The van der Waals surface area contributed by atoms with Crippen LogP contribution in [0.3, 0.4) is 0 Å². The average molecular weight is 286 g/mol. The molecule has 3 rings (SSSR count). The van der Waals surface area contributed by atoms with Crippen molar-refractivity contribution in [1.82, 2.24) is 9.80 Å². The first-order chi connectivity index (χ1) is 10.2. The van der Waals surface area contributed by atoms with Crippen LogP contribution in [0.15, 0.2) is 24.3 Å². The fraction of sp³-hybridized carbons (Fsp3) is 0.588. The summed E-state index contributed by atoms with van der Waals surface area (Å²) in [6, 6.07) is 8.96. The van der Waals surface area contributed by atoms with Crippen LogP contribution in [0.1, 0.15) is 36.8 Å². The van der Waals surface area contributed by atoms with E-state index in [1.807, 2.05) is 12.1 Å². The summed E-state index contributed by atoms with van der Waals surface area (Å²) in [5.41, 5.74) is 7.61. The van der Waals surface area contributed by atoms with E-state index in [0.29, 0.717) is 0 Å². The second-order valence-corrected chi connectivity index (χ2v) is 6.36. The molecule has 1 aliphatic heterocycles. The Balaban J connectivity index is 1.49. The predicted molar refractivity (Wildman–Crippen MR) is 86.6 cm³/mol. The molecular formula is C17H26N4. The van der Waals surface area contributed by atoms with E-state index in [1.54, 1.807) is 0 Å². The van der Waals surface area contributed by atoms with Gasteiger partial charge in [0.05, 0.1) is 0 Å². The maximum atomic E-state index is 7.42. The molecule has 0 spiro atoms. The van der Waals surface area contributed by atoms with Crippen molar-refractivity contribution in [2.45, 2.75) is 38.3 Å². The number of nitrogen functional groups attached to an aromatic ring is 1. The Bertz CT molecular complexity index is 468. The van der Waals surface area contributed by atoms with Crippen LogP contribution in [0.25, 0.3) is 0 Å². The van der Waals surface area contributed by atoms with E-state index < -0.39 is 0 Å². The number of amidine groups is 1. The first kappa shape index (κ1) is 14.5. The normalized spacial score (nSPS) is 21.7. The average Bonchev–Trinajstić information content (AvgIpc) is 3.03. The summed E-state index contributed by atoms with van der Waals surface area (Å²) >= 11 is 0. The third-order valence-electron chi connectivity index (χ3n) is 4.92. The van der Waals surface area contributed by atoms with Gasteiger partial charge < -0.3 is 5.73 Å². The Morgan fingerprint density at radius 1 is 1.05 bits per heavy atom. The molecule has 4 heteroatoms. The van der Waals surface area contributed by atoms with Gasteiger partial charge in [0.2, 0.25) is 0 Å². The highest BCUT2D eigenvalue weighted by Crippen LogP contribution is 2.24. The van der Waals surface area contributed by atoms with Gasteiger partial charge in [-0.2, -0.15) is 0 Å². The number of nitrogens with zero attached hydrogens (tertiary/aromatic N) is 2. The van der Waals surface area contributed by atoms with E-state index >= 15 is 0 Å². The van der Waals surface area contributed by atoms with Crippen LogP contribution < -0.4 is 5.73 Å². The van der Waals surface area contributed by atoms with Crippen molar-refractivity contribution in [2.24, 2.45) is 5.73 Å². The molecule has 0 amide bonds. The number of hydrogen-bond donors (Lipinski definition) is 2. The molecule has 1 aliphatic carbocycles. The first-order valence-electron chi connectivity index (χ1n) is 8.12. The number of nitrogens with one attached hydrogen (secondary N) is 1. The maximum absolute atomic E-state index is 7.42. The van der Waals surface area contributed by atoms with Gasteiger partial charge in [-0.1, -0.05) is 37.1 Å². The summed E-state index contributed by atoms with van der Waals surface area (Å²) in [5.74, 6) is 0.145. The van der Waals surface area contributed by atoms with Gasteiger partial charge in [-0.15, -0.1) is 0 Å². The number of hydrogen-bond acceptors (Lipinski definition) is 3. The van der Waals surface area contributed by atoms with Gasteiger partial charge in [0.25, 0.3) is 0 Å². The zero-order valence-electron chi connectivity index (χ0n) is 12.7. The molecule has 1 heterocycles. The minimum absolute atomic E-state index is 0.145. The Morgan fingerprint density at radius 3 is 2.24 bits per heavy atom. The Kier molecular flexibility index (Phi) is 4.56. The van der Waals surface area contributed by atoms with Crippen LogP contribution in [0.4, 0.5) is 0 Å². The summed E-state index contributed by atoms with van der Waals surface area (Å²) in [5, 5.41) is 7.42. The molecule has 1 aromatic rings. The van der Waals surface area contributed by atoms with Gasteiger partial charge in [-0.05, 0) is 18.4 Å². The van der Waals surface area contributed by atoms with Gasteiger partial charge in [-0.3, -0.25) is 15.2 Å². The van der Waals surface area contributed by atoms with Gasteiger partial charge in [0, 0.05) is 44.3 Å². The van der Waals surface area contributed by atoms with E-state index in [-0.39, 0.29) is 5.84 Å². The number of benzene rings is 1. The molecule has 3 N–H and O–H groups in total. The van der Waals surface area contributed by atoms with E-state index in [4.69, 9.17) is 11.1 Å². The lowest BCUT2D eigenvalue weighted by atomic mass is 10.1. The lowest BCUT2D eigenvalue weighted by Gasteiger charge is -2.38. The van der Waals surface area contributed by atoms with Gasteiger partial charge in [0.15, 0.2) is 0 Å². The lowest BCUT2D eigenvalue weighted by molar-refractivity contribution is 0.0937. The number of piperazine rings is 1. The molecule has 2 aliphatic rings. The van der Waals surface area contributed by atoms with Crippen molar-refractivity contribution >= 4 is 5.84 Å². The second kappa shape index (κ2) is 6.58. The molecule has 0 unspecified atom stereocenters. The molecule has 1 saturated carbocycles. The molecule has 4 nitrogen and oxygen atoms in total. The number of rotatable bonds is 4. The highest BCUT2D eigenvalue weighted by atomic mass is 15.3. The molecule has 114 valence electrons. The van der Waals surface area contributed by atoms with Crippen molar-refractivity contribution in [2.75, 3.05) is 26.2 Å². The molecule has 0 atom stereocenters. The quantitative estimate of drug-likeness (QED) is 0.658. The van der Waals surface area contributed by atoms with Crippen molar-refractivity contribution < 1.29 is 0 Å². The van der Waals surface area contributed by atoms with Crippen molar-refractivity contribution in [1.29, 1.82) is 5.41 Å². The third-order valence-corrected chi connectivity index (χ3v) is 4.92. The molecule has 1 aromatic carbocycles. The Morgan fingerprint density at radius 2 is 1.67 bits per heavy atom. The smallest absolute Gasteiger partial charge is 0.122 e. The third kappa shape index (κ3) is 3.63. The molecule has 1 saturated heterocycles. The fourth-order valence-electron chi connectivity index (χ4n) is 3.60. The lowest BCUT2D eigenvalue weighted by Crippen LogP contribution is -2.49. The summed E-state index contributed by atoms with van der Waals surface area (Å²) in [7, 11) is 0. The largest absolute Gasteiger partial charge is 0.384 e. The summed E-state index contributed by atoms with van der Waals surface area (Å²) in [6.07, 6.45) is 5.67. The molecule has 0 aromatic heterocycles. The van der Waals surface area contributed by atoms with Crippen LogP contribution in [0, 0.1) is 5.41 Å². The zero-order chi connectivity index (χ0) is 14.7. The monoisotopic (exact) mass is 286 g/mol. The second-order valence-electron chi connectivity index (χ2n) is 6.36. The standard InChI is InChI=1S/C17H26N4/c18-17(19)15-7-5-14(6-8-15)13-20-9-11-21(12-10-20)16-3-1-2-4-16/h5-8,16H,1-4,9-13H2,(H3,18,19). The molecule has 0 radical (unpaired) electrons. The topological polar surface area (TPSA) is 56.4 Å². The summed E-state index contributed by atoms with van der Waals surface area (Å²) < 4.78 is 0. The zero-order valence-corrected chi connectivity index (χ0v) is 12.7. The maximum Gasteiger partial charge on any atom is 0.122 e. The van der Waals surface area contributed by atoms with E-state index in [9.17, 15) is 0 Å². The van der Waals surface area contributed by atoms with Gasteiger partial charge in [-0.25, -0.2) is 0 Å². The van der Waals surface area contributed by atoms with Crippen molar-refractivity contribution in [3.05, 3.63) is 35.4 Å². The molecule has 0 bridgehead atoms. The molecule has 21 heavy (non-hydrogen) atoms. The SMILES string of the molecule is N=C(N)c1ccc(CN2CCN(C3CCCC3)CC2)cc1. The summed E-state index contributed by atoms with van der Waals surface area (Å²) in [4.78, 5) is 5.23. The highest BCUT2D eigenvalue weighted by molar-refractivity contribution is 5.94. The molecule has 2 fully saturated rings. The van der Waals surface area contributed by atoms with Gasteiger partial charge >= 0.3 is 0 Å². The number of nitrogens with two attached hydrogens (primary N) is 1. The van der Waals surface area contributed by atoms with Crippen LogP contribution in [-0.2, 0) is 6.54 Å². The van der Waals surface area contributed by atoms with Crippen LogP contribution in [0.2, 0.25) is 0 Å². The Labute approximate surface area is 127 Å². The van der Waals surface area contributed by atoms with E-state index in [1.165, 1.54) is 57.4 Å². The van der Waals surface area contributed by atoms with Crippen molar-refractivity contribution in [3.8, 4) is 0 Å². The van der Waals surface area contributed by atoms with E-state index in [2.05, 4.69) is 21.9 Å². The minimum Gasteiger partial charge on any atom is -0.384 e. The first-order valence-corrected chi connectivity index (χ1v) is 8.12. The van der Waals surface area contributed by atoms with Crippen LogP contribution in [-0.4, -0.2) is 47.9 Å². The molecular weight excluding hydrogens is 260 g/mol. The summed E-state index contributed by atoms with van der Waals surface area (Å²) in [6.45, 7) is 5.79. The van der Waals surface area contributed by atoms with Crippen LogP contribution >= 0.6 is 0 Å².